The van der Waals surface area contributed by atoms with Gasteiger partial charge in [0.2, 0.25) is 0 Å². The molecular formula is C10H14N2O3S. The summed E-state index contributed by atoms with van der Waals surface area (Å²) in [5, 5.41) is 0. The lowest BCUT2D eigenvalue weighted by atomic mass is 10.1. The molecule has 0 heterocycles. The molecule has 0 bridgehead atoms. The van der Waals surface area contributed by atoms with Crippen LogP contribution in [0.3, 0.4) is 0 Å². The van der Waals surface area contributed by atoms with Gasteiger partial charge in [-0.2, -0.15) is 0 Å². The van der Waals surface area contributed by atoms with Gasteiger partial charge in [0.05, 0.1) is 34.1 Å². The lowest BCUT2D eigenvalue weighted by molar-refractivity contribution is 0.0997. The van der Waals surface area contributed by atoms with E-state index in [-0.39, 0.29) is 5.56 Å². The Hall–Kier alpha value is -1.56. The number of hydrogen-bond donors (Lipinski definition) is 2. The minimum atomic E-state index is -1.23. The van der Waals surface area contributed by atoms with Gasteiger partial charge < -0.3 is 16.2 Å². The van der Waals surface area contributed by atoms with Crippen LogP contribution in [0.2, 0.25) is 0 Å². The molecule has 1 atom stereocenters. The second kappa shape index (κ2) is 4.98. The molecule has 0 saturated carbocycles. The third-order valence-electron chi connectivity index (χ3n) is 2.10. The first-order valence-corrected chi connectivity index (χ1v) is 5.98. The number of benzene rings is 1. The van der Waals surface area contributed by atoms with Crippen LogP contribution < -0.4 is 16.2 Å². The van der Waals surface area contributed by atoms with Crippen molar-refractivity contribution in [2.24, 2.45) is 5.73 Å². The molecule has 6 heteroatoms. The molecule has 0 aromatic heterocycles. The summed E-state index contributed by atoms with van der Waals surface area (Å²) in [5.74, 6) is 0.0856. The fourth-order valence-electron chi connectivity index (χ4n) is 1.29. The summed E-state index contributed by atoms with van der Waals surface area (Å²) in [6.07, 6.45) is 0. The maximum absolute atomic E-state index is 11.6. The van der Waals surface area contributed by atoms with Gasteiger partial charge in [0.25, 0.3) is 5.91 Å². The second-order valence-electron chi connectivity index (χ2n) is 3.09. The van der Waals surface area contributed by atoms with Crippen LogP contribution in [0.4, 0.5) is 5.69 Å². The SMILES string of the molecule is CCS(=O)c1cc(C(N)=O)c(OC)cc1N. The van der Waals surface area contributed by atoms with Gasteiger partial charge in [-0.1, -0.05) is 6.92 Å². The standard InChI is InChI=1S/C10H14N2O3S/c1-3-16(14)9-4-6(10(12)13)8(15-2)5-7(9)11/h4-5H,3,11H2,1-2H3,(H2,12,13). The lowest BCUT2D eigenvalue weighted by Gasteiger charge is -2.10. The molecule has 0 radical (unpaired) electrons. The molecule has 0 fully saturated rings. The predicted molar refractivity (Wildman–Crippen MR) is 62.9 cm³/mol. The number of nitrogen functional groups attached to an aromatic ring is 1. The van der Waals surface area contributed by atoms with E-state index in [0.717, 1.165) is 0 Å². The summed E-state index contributed by atoms with van der Waals surface area (Å²) < 4.78 is 16.6. The monoisotopic (exact) mass is 242 g/mol. The number of methoxy groups -OCH3 is 1. The molecule has 0 spiro atoms. The molecule has 1 aromatic carbocycles. The van der Waals surface area contributed by atoms with Crippen LogP contribution in [-0.2, 0) is 10.8 Å². The van der Waals surface area contributed by atoms with Crippen LogP contribution in [-0.4, -0.2) is 23.0 Å². The smallest absolute Gasteiger partial charge is 0.252 e. The van der Waals surface area contributed by atoms with Crippen molar-refractivity contribution in [1.82, 2.24) is 0 Å². The first-order valence-electron chi connectivity index (χ1n) is 4.67. The number of nitrogens with two attached hydrogens (primary N) is 2. The van der Waals surface area contributed by atoms with E-state index in [1.807, 2.05) is 0 Å². The van der Waals surface area contributed by atoms with Gasteiger partial charge in [-0.15, -0.1) is 0 Å². The number of carbonyl (C=O) groups is 1. The van der Waals surface area contributed by atoms with Crippen molar-refractivity contribution in [3.05, 3.63) is 17.7 Å². The Morgan fingerprint density at radius 1 is 1.50 bits per heavy atom. The molecule has 0 aliphatic rings. The molecule has 5 nitrogen and oxygen atoms in total. The van der Waals surface area contributed by atoms with Crippen LogP contribution in [0.1, 0.15) is 17.3 Å². The van der Waals surface area contributed by atoms with E-state index in [1.165, 1.54) is 19.2 Å². The lowest BCUT2D eigenvalue weighted by Crippen LogP contribution is -2.14. The van der Waals surface area contributed by atoms with E-state index < -0.39 is 16.7 Å². The zero-order valence-corrected chi connectivity index (χ0v) is 9.97. The Balaban J connectivity index is 3.38. The first kappa shape index (κ1) is 12.5. The minimum absolute atomic E-state index is 0.188. The van der Waals surface area contributed by atoms with Crippen LogP contribution >= 0.6 is 0 Å². The van der Waals surface area contributed by atoms with E-state index in [9.17, 15) is 9.00 Å². The van der Waals surface area contributed by atoms with Crippen molar-refractivity contribution in [2.45, 2.75) is 11.8 Å². The van der Waals surface area contributed by atoms with Crippen LogP contribution in [0, 0.1) is 0 Å². The van der Waals surface area contributed by atoms with Gasteiger partial charge in [0.1, 0.15) is 5.75 Å². The quantitative estimate of drug-likeness (QED) is 0.752. The molecule has 0 aliphatic carbocycles. The van der Waals surface area contributed by atoms with Gasteiger partial charge in [-0.05, 0) is 6.07 Å². The Labute approximate surface area is 96.2 Å². The van der Waals surface area contributed by atoms with Gasteiger partial charge in [0, 0.05) is 11.8 Å². The molecule has 1 rings (SSSR count). The molecule has 0 saturated heterocycles. The number of hydrogen-bond acceptors (Lipinski definition) is 4. The number of anilines is 1. The Kier molecular flexibility index (Phi) is 3.89. The summed E-state index contributed by atoms with van der Waals surface area (Å²) in [4.78, 5) is 11.6. The average Bonchev–Trinajstić information content (AvgIpc) is 2.27. The first-order chi connectivity index (χ1) is 7.51. The Morgan fingerprint density at radius 3 is 2.56 bits per heavy atom. The number of amides is 1. The van der Waals surface area contributed by atoms with E-state index in [2.05, 4.69) is 0 Å². The highest BCUT2D eigenvalue weighted by molar-refractivity contribution is 7.85. The van der Waals surface area contributed by atoms with Crippen LogP contribution in [0.5, 0.6) is 5.75 Å². The van der Waals surface area contributed by atoms with Gasteiger partial charge >= 0.3 is 0 Å². The van der Waals surface area contributed by atoms with E-state index in [0.29, 0.717) is 22.1 Å². The second-order valence-corrected chi connectivity index (χ2v) is 4.80. The van der Waals surface area contributed by atoms with Crippen LogP contribution in [0.25, 0.3) is 0 Å². The molecule has 1 amide bonds. The van der Waals surface area contributed by atoms with Crippen molar-refractivity contribution in [2.75, 3.05) is 18.6 Å². The normalized spacial score (nSPS) is 12.1. The van der Waals surface area contributed by atoms with Gasteiger partial charge in [0.15, 0.2) is 0 Å². The maximum Gasteiger partial charge on any atom is 0.252 e. The van der Waals surface area contributed by atoms with E-state index in [4.69, 9.17) is 16.2 Å². The van der Waals surface area contributed by atoms with Gasteiger partial charge in [-0.25, -0.2) is 0 Å². The Morgan fingerprint density at radius 2 is 2.12 bits per heavy atom. The predicted octanol–water partition coefficient (Wildman–Crippen LogP) is 0.504. The number of carbonyl (C=O) groups excluding carboxylic acids is 1. The van der Waals surface area contributed by atoms with Crippen molar-refractivity contribution >= 4 is 22.4 Å². The van der Waals surface area contributed by atoms with E-state index >= 15 is 0 Å². The third kappa shape index (κ3) is 2.33. The summed E-state index contributed by atoms with van der Waals surface area (Å²) in [6.45, 7) is 1.77. The van der Waals surface area contributed by atoms with Crippen molar-refractivity contribution < 1.29 is 13.7 Å². The summed E-state index contributed by atoms with van der Waals surface area (Å²) in [5.41, 5.74) is 11.4. The van der Waals surface area contributed by atoms with Crippen molar-refractivity contribution in [1.29, 1.82) is 0 Å². The highest BCUT2D eigenvalue weighted by atomic mass is 32.2. The van der Waals surface area contributed by atoms with Crippen molar-refractivity contribution in [3.63, 3.8) is 0 Å². The van der Waals surface area contributed by atoms with Crippen molar-refractivity contribution in [3.8, 4) is 5.75 Å². The highest BCUT2D eigenvalue weighted by Crippen LogP contribution is 2.27. The molecule has 1 unspecified atom stereocenters. The molecular weight excluding hydrogens is 228 g/mol. The third-order valence-corrected chi connectivity index (χ3v) is 3.47. The molecule has 4 N–H and O–H groups in total. The molecule has 1 aromatic rings. The number of primary amides is 1. The highest BCUT2D eigenvalue weighted by Gasteiger charge is 2.15. The zero-order chi connectivity index (χ0) is 12.3. The van der Waals surface area contributed by atoms with Crippen LogP contribution in [0.15, 0.2) is 17.0 Å². The minimum Gasteiger partial charge on any atom is -0.496 e. The topological polar surface area (TPSA) is 95.4 Å². The average molecular weight is 242 g/mol. The molecule has 88 valence electrons. The number of ether oxygens (including phenoxy) is 1. The van der Waals surface area contributed by atoms with E-state index in [1.54, 1.807) is 6.92 Å². The summed E-state index contributed by atoms with van der Waals surface area (Å²) >= 11 is 0. The Bertz CT molecular complexity index is 446. The fraction of sp³-hybridized carbons (Fsp3) is 0.300. The largest absolute Gasteiger partial charge is 0.496 e. The zero-order valence-electron chi connectivity index (χ0n) is 9.15. The molecule has 16 heavy (non-hydrogen) atoms. The number of rotatable bonds is 4. The maximum atomic E-state index is 11.6. The fourth-order valence-corrected chi connectivity index (χ4v) is 2.17. The summed E-state index contributed by atoms with van der Waals surface area (Å²) in [6, 6.07) is 2.89. The summed E-state index contributed by atoms with van der Waals surface area (Å²) in [7, 11) is 0.187. The molecule has 0 aliphatic heterocycles. The van der Waals surface area contributed by atoms with Gasteiger partial charge in [-0.3, -0.25) is 9.00 Å².